The maximum absolute atomic E-state index is 5.90. The molecular weight excluding hydrogens is 266 g/mol. The first kappa shape index (κ1) is 14.0. The average molecular weight is 287 g/mol. The van der Waals surface area contributed by atoms with E-state index in [0.29, 0.717) is 12.6 Å². The van der Waals surface area contributed by atoms with E-state index in [1.54, 1.807) is 7.11 Å². The van der Waals surface area contributed by atoms with Gasteiger partial charge in [0.15, 0.2) is 0 Å². The third kappa shape index (κ3) is 2.76. The molecule has 3 rings (SSSR count). The first-order valence-electron chi connectivity index (χ1n) is 7.36. The van der Waals surface area contributed by atoms with Gasteiger partial charge < -0.3 is 15.4 Å². The number of nitrogens with two attached hydrogens (primary N) is 1. The topological polar surface area (TPSA) is 77.2 Å². The van der Waals surface area contributed by atoms with Gasteiger partial charge in [0.2, 0.25) is 5.95 Å². The second kappa shape index (κ2) is 5.81. The van der Waals surface area contributed by atoms with Gasteiger partial charge >= 0.3 is 0 Å². The second-order valence-corrected chi connectivity index (χ2v) is 5.49. The minimum absolute atomic E-state index is 0.317. The van der Waals surface area contributed by atoms with Gasteiger partial charge in [-0.3, -0.25) is 4.98 Å². The predicted octanol–water partition coefficient (Wildman–Crippen LogP) is 2.05. The van der Waals surface area contributed by atoms with E-state index in [-0.39, 0.29) is 0 Å². The zero-order valence-corrected chi connectivity index (χ0v) is 12.6. The normalized spacial score (nSPS) is 15.6. The Morgan fingerprint density at radius 3 is 2.67 bits per heavy atom. The Labute approximate surface area is 124 Å². The fourth-order valence-electron chi connectivity index (χ4n) is 2.94. The summed E-state index contributed by atoms with van der Waals surface area (Å²) in [6.45, 7) is 4.42. The lowest BCUT2D eigenvalue weighted by Gasteiger charge is -2.29. The van der Waals surface area contributed by atoms with Crippen molar-refractivity contribution in [1.29, 1.82) is 0 Å². The zero-order chi connectivity index (χ0) is 14.8. The SMILES string of the molecule is COCc1nc(C)cc2nc(N)nc(N3CCCCC3)c12. The van der Waals surface area contributed by atoms with E-state index < -0.39 is 0 Å². The molecule has 0 saturated carbocycles. The Bertz CT molecular complexity index is 647. The summed E-state index contributed by atoms with van der Waals surface area (Å²) in [4.78, 5) is 15.8. The lowest BCUT2D eigenvalue weighted by Crippen LogP contribution is -2.31. The van der Waals surface area contributed by atoms with Gasteiger partial charge in [0.05, 0.1) is 23.2 Å². The highest BCUT2D eigenvalue weighted by molar-refractivity contribution is 5.92. The van der Waals surface area contributed by atoms with Crippen LogP contribution in [-0.4, -0.2) is 35.2 Å². The van der Waals surface area contributed by atoms with Crippen LogP contribution >= 0.6 is 0 Å². The minimum Gasteiger partial charge on any atom is -0.378 e. The number of fused-ring (bicyclic) bond motifs is 1. The quantitative estimate of drug-likeness (QED) is 0.931. The van der Waals surface area contributed by atoms with Crippen LogP contribution in [0.3, 0.4) is 0 Å². The van der Waals surface area contributed by atoms with Gasteiger partial charge in [0.1, 0.15) is 5.82 Å². The molecule has 21 heavy (non-hydrogen) atoms. The third-order valence-corrected chi connectivity index (χ3v) is 3.82. The van der Waals surface area contributed by atoms with Gasteiger partial charge in [-0.15, -0.1) is 0 Å². The van der Waals surface area contributed by atoms with E-state index in [9.17, 15) is 0 Å². The molecule has 0 bridgehead atoms. The first-order valence-corrected chi connectivity index (χ1v) is 7.36. The number of methoxy groups -OCH3 is 1. The van der Waals surface area contributed by atoms with Crippen molar-refractivity contribution >= 4 is 22.7 Å². The molecule has 3 heterocycles. The third-order valence-electron chi connectivity index (χ3n) is 3.82. The van der Waals surface area contributed by atoms with E-state index in [1.165, 1.54) is 19.3 Å². The van der Waals surface area contributed by atoms with Crippen LogP contribution in [0.4, 0.5) is 11.8 Å². The Morgan fingerprint density at radius 1 is 1.19 bits per heavy atom. The summed E-state index contributed by atoms with van der Waals surface area (Å²) in [5, 5.41) is 0.971. The smallest absolute Gasteiger partial charge is 0.222 e. The Balaban J connectivity index is 2.21. The van der Waals surface area contributed by atoms with Crippen molar-refractivity contribution in [2.45, 2.75) is 32.8 Å². The van der Waals surface area contributed by atoms with Crippen LogP contribution in [0.5, 0.6) is 0 Å². The highest BCUT2D eigenvalue weighted by Gasteiger charge is 2.19. The van der Waals surface area contributed by atoms with Gasteiger partial charge in [-0.25, -0.2) is 4.98 Å². The number of aryl methyl sites for hydroxylation is 1. The lowest BCUT2D eigenvalue weighted by molar-refractivity contribution is 0.182. The molecule has 6 nitrogen and oxygen atoms in total. The fourth-order valence-corrected chi connectivity index (χ4v) is 2.94. The summed E-state index contributed by atoms with van der Waals surface area (Å²) in [6.07, 6.45) is 3.64. The summed E-state index contributed by atoms with van der Waals surface area (Å²) < 4.78 is 5.30. The highest BCUT2D eigenvalue weighted by Crippen LogP contribution is 2.30. The molecule has 112 valence electrons. The van der Waals surface area contributed by atoms with Crippen LogP contribution in [0.25, 0.3) is 10.9 Å². The molecular formula is C15H21N5O. The fraction of sp³-hybridized carbons (Fsp3) is 0.533. The summed E-state index contributed by atoms with van der Waals surface area (Å²) in [7, 11) is 1.68. The maximum atomic E-state index is 5.90. The lowest BCUT2D eigenvalue weighted by atomic mass is 10.1. The number of nitrogen functional groups attached to an aromatic ring is 1. The van der Waals surface area contributed by atoms with Crippen LogP contribution in [0.1, 0.15) is 30.7 Å². The van der Waals surface area contributed by atoms with Gasteiger partial charge in [0, 0.05) is 25.9 Å². The van der Waals surface area contributed by atoms with Crippen molar-refractivity contribution < 1.29 is 4.74 Å². The van der Waals surface area contributed by atoms with Crippen molar-refractivity contribution in [2.75, 3.05) is 30.8 Å². The number of hydrogen-bond acceptors (Lipinski definition) is 6. The number of ether oxygens (including phenoxy) is 1. The maximum Gasteiger partial charge on any atom is 0.222 e. The highest BCUT2D eigenvalue weighted by atomic mass is 16.5. The monoisotopic (exact) mass is 287 g/mol. The van der Waals surface area contributed by atoms with Crippen LogP contribution in [-0.2, 0) is 11.3 Å². The van der Waals surface area contributed by atoms with E-state index in [0.717, 1.165) is 41.2 Å². The molecule has 0 atom stereocenters. The Kier molecular flexibility index (Phi) is 3.88. The number of aromatic nitrogens is 3. The van der Waals surface area contributed by atoms with Crippen molar-refractivity contribution in [1.82, 2.24) is 15.0 Å². The van der Waals surface area contributed by atoms with Crippen molar-refractivity contribution in [2.24, 2.45) is 0 Å². The number of anilines is 2. The summed E-state index contributed by atoms with van der Waals surface area (Å²) in [5.74, 6) is 1.22. The van der Waals surface area contributed by atoms with E-state index in [2.05, 4.69) is 19.9 Å². The number of rotatable bonds is 3. The summed E-state index contributed by atoms with van der Waals surface area (Å²) in [5.41, 5.74) is 8.55. The molecule has 2 N–H and O–H groups in total. The molecule has 0 aromatic carbocycles. The average Bonchev–Trinajstić information content (AvgIpc) is 2.47. The molecule has 2 aromatic heterocycles. The molecule has 1 saturated heterocycles. The summed E-state index contributed by atoms with van der Waals surface area (Å²) >= 11 is 0. The van der Waals surface area contributed by atoms with E-state index in [1.807, 2.05) is 13.0 Å². The van der Waals surface area contributed by atoms with Gasteiger partial charge in [0.25, 0.3) is 0 Å². The standard InChI is InChI=1S/C15H21N5O/c1-10-8-11-13(12(17-10)9-21-2)14(19-15(16)18-11)20-6-4-3-5-7-20/h8H,3-7,9H2,1-2H3,(H2,16,18,19). The summed E-state index contributed by atoms with van der Waals surface area (Å²) in [6, 6.07) is 1.96. The molecule has 0 radical (unpaired) electrons. The van der Waals surface area contributed by atoms with Gasteiger partial charge in [-0.2, -0.15) is 4.98 Å². The molecule has 0 unspecified atom stereocenters. The minimum atomic E-state index is 0.317. The largest absolute Gasteiger partial charge is 0.378 e. The van der Waals surface area contributed by atoms with Crippen LogP contribution in [0.2, 0.25) is 0 Å². The van der Waals surface area contributed by atoms with E-state index in [4.69, 9.17) is 10.5 Å². The predicted molar refractivity (Wildman–Crippen MR) is 83.3 cm³/mol. The van der Waals surface area contributed by atoms with Gasteiger partial charge in [-0.1, -0.05) is 0 Å². The van der Waals surface area contributed by atoms with Crippen molar-refractivity contribution in [3.8, 4) is 0 Å². The van der Waals surface area contributed by atoms with Crippen LogP contribution in [0, 0.1) is 6.92 Å². The van der Waals surface area contributed by atoms with E-state index >= 15 is 0 Å². The molecule has 1 fully saturated rings. The zero-order valence-electron chi connectivity index (χ0n) is 12.6. The molecule has 0 aliphatic carbocycles. The molecule has 1 aliphatic rings. The number of pyridine rings is 1. The molecule has 0 spiro atoms. The molecule has 6 heteroatoms. The van der Waals surface area contributed by atoms with Crippen molar-refractivity contribution in [3.05, 3.63) is 17.5 Å². The molecule has 0 amide bonds. The first-order chi connectivity index (χ1) is 10.2. The van der Waals surface area contributed by atoms with Crippen LogP contribution < -0.4 is 10.6 Å². The molecule has 1 aliphatic heterocycles. The second-order valence-electron chi connectivity index (χ2n) is 5.49. The number of hydrogen-bond donors (Lipinski definition) is 1. The number of piperidine rings is 1. The number of nitrogens with zero attached hydrogens (tertiary/aromatic N) is 4. The molecule has 2 aromatic rings. The van der Waals surface area contributed by atoms with Crippen molar-refractivity contribution in [3.63, 3.8) is 0 Å². The Morgan fingerprint density at radius 2 is 1.95 bits per heavy atom. The van der Waals surface area contributed by atoms with Crippen LogP contribution in [0.15, 0.2) is 6.07 Å². The Hall–Kier alpha value is -1.95. The van der Waals surface area contributed by atoms with Gasteiger partial charge in [-0.05, 0) is 32.3 Å².